The fraction of sp³-hybridized carbons (Fsp3) is 0.968. The van der Waals surface area contributed by atoms with Gasteiger partial charge in [-0.2, -0.15) is 0 Å². The van der Waals surface area contributed by atoms with Gasteiger partial charge in [0.25, 0.3) is 0 Å². The number of hydrogen-bond acceptors (Lipinski definition) is 4. The normalized spacial score (nSPS) is 12.2. The molecule has 210 valence electrons. The van der Waals surface area contributed by atoms with Gasteiger partial charge in [-0.1, -0.05) is 149 Å². The second-order valence-electron chi connectivity index (χ2n) is 10.5. The molecule has 4 nitrogen and oxygen atoms in total. The first-order valence-corrected chi connectivity index (χ1v) is 15.6. The topological polar surface area (TPSA) is 55.8 Å². The quantitative estimate of drug-likeness (QED) is 0.0824. The van der Waals surface area contributed by atoms with Crippen molar-refractivity contribution in [1.29, 1.82) is 0 Å². The summed E-state index contributed by atoms with van der Waals surface area (Å²) < 4.78 is 11.0. The minimum atomic E-state index is -0.521. The maximum absolute atomic E-state index is 12.0. The molecule has 0 aromatic carbocycles. The van der Waals surface area contributed by atoms with Crippen LogP contribution in [0.4, 0.5) is 0 Å². The second-order valence-corrected chi connectivity index (χ2v) is 10.5. The van der Waals surface area contributed by atoms with E-state index in [-0.39, 0.29) is 12.6 Å². The molecule has 0 aromatic heterocycles. The van der Waals surface area contributed by atoms with E-state index in [1.54, 1.807) is 0 Å². The Balaban J connectivity index is 3.41. The summed E-state index contributed by atoms with van der Waals surface area (Å²) in [6, 6.07) is 0. The Kier molecular flexibility index (Phi) is 29.1. The fourth-order valence-electron chi connectivity index (χ4n) is 4.56. The van der Waals surface area contributed by atoms with Gasteiger partial charge in [-0.25, -0.2) is 0 Å². The third kappa shape index (κ3) is 27.8. The zero-order valence-electron chi connectivity index (χ0n) is 23.8. The van der Waals surface area contributed by atoms with Crippen molar-refractivity contribution in [2.24, 2.45) is 0 Å². The van der Waals surface area contributed by atoms with Crippen molar-refractivity contribution in [3.63, 3.8) is 0 Å². The lowest BCUT2D eigenvalue weighted by atomic mass is 10.0. The molecular formula is C31H62O4. The third-order valence-electron chi connectivity index (χ3n) is 6.93. The molecule has 35 heavy (non-hydrogen) atoms. The van der Waals surface area contributed by atoms with Crippen LogP contribution in [0.3, 0.4) is 0 Å². The van der Waals surface area contributed by atoms with Gasteiger partial charge in [-0.05, 0) is 12.8 Å². The zero-order chi connectivity index (χ0) is 25.7. The van der Waals surface area contributed by atoms with Crippen LogP contribution in [0.1, 0.15) is 168 Å². The summed E-state index contributed by atoms with van der Waals surface area (Å²) in [6.07, 6.45) is 29.8. The Hall–Kier alpha value is -0.610. The summed E-state index contributed by atoms with van der Waals surface area (Å²) in [5.41, 5.74) is 0. The van der Waals surface area contributed by atoms with Crippen molar-refractivity contribution >= 4 is 5.97 Å². The summed E-state index contributed by atoms with van der Waals surface area (Å²) in [5.74, 6) is -0.199. The lowest BCUT2D eigenvalue weighted by Gasteiger charge is -2.16. The van der Waals surface area contributed by atoms with E-state index in [2.05, 4.69) is 13.8 Å². The average Bonchev–Trinajstić information content (AvgIpc) is 2.86. The van der Waals surface area contributed by atoms with Crippen LogP contribution in [0.2, 0.25) is 0 Å². The molecule has 0 amide bonds. The smallest absolute Gasteiger partial charge is 0.306 e. The lowest BCUT2D eigenvalue weighted by Crippen LogP contribution is -2.27. The maximum atomic E-state index is 12.0. The standard InChI is InChI=1S/C31H62O4/c1-3-5-7-9-11-13-15-16-17-18-20-22-24-26-31(33)35-30(28-32)29-34-27-25-23-21-19-14-12-10-8-6-4-2/h30,32H,3-29H2,1-2H3. The molecule has 0 rings (SSSR count). The van der Waals surface area contributed by atoms with Crippen LogP contribution in [-0.4, -0.2) is 37.0 Å². The van der Waals surface area contributed by atoms with Crippen molar-refractivity contribution in [2.75, 3.05) is 19.8 Å². The molecule has 0 fully saturated rings. The number of ether oxygens (including phenoxy) is 2. The van der Waals surface area contributed by atoms with E-state index in [1.165, 1.54) is 128 Å². The number of unbranched alkanes of at least 4 members (excludes halogenated alkanes) is 21. The molecule has 0 saturated heterocycles. The summed E-state index contributed by atoms with van der Waals surface area (Å²) in [7, 11) is 0. The highest BCUT2D eigenvalue weighted by atomic mass is 16.6. The molecule has 1 N–H and O–H groups in total. The predicted octanol–water partition coefficient (Wildman–Crippen LogP) is 9.31. The highest BCUT2D eigenvalue weighted by Gasteiger charge is 2.13. The number of carbonyl (C=O) groups is 1. The van der Waals surface area contributed by atoms with Crippen LogP contribution < -0.4 is 0 Å². The van der Waals surface area contributed by atoms with Crippen LogP contribution in [0.15, 0.2) is 0 Å². The first-order valence-electron chi connectivity index (χ1n) is 15.6. The van der Waals surface area contributed by atoms with Crippen LogP contribution in [0.5, 0.6) is 0 Å². The molecule has 0 saturated carbocycles. The van der Waals surface area contributed by atoms with Gasteiger partial charge in [0, 0.05) is 13.0 Å². The Bertz CT molecular complexity index is 413. The number of carbonyl (C=O) groups excluding carboxylic acids is 1. The fourth-order valence-corrected chi connectivity index (χ4v) is 4.56. The van der Waals surface area contributed by atoms with Gasteiger partial charge in [0.05, 0.1) is 13.2 Å². The van der Waals surface area contributed by atoms with E-state index in [1.807, 2.05) is 0 Å². The largest absolute Gasteiger partial charge is 0.457 e. The van der Waals surface area contributed by atoms with Crippen LogP contribution in [-0.2, 0) is 14.3 Å². The van der Waals surface area contributed by atoms with E-state index in [0.717, 1.165) is 19.3 Å². The first-order chi connectivity index (χ1) is 17.2. The average molecular weight is 499 g/mol. The Labute approximate surface area is 219 Å². The summed E-state index contributed by atoms with van der Waals surface area (Å²) in [5, 5.41) is 9.48. The second kappa shape index (κ2) is 29.6. The molecule has 0 aromatic rings. The van der Waals surface area contributed by atoms with Gasteiger partial charge in [0.15, 0.2) is 0 Å². The number of rotatable bonds is 29. The van der Waals surface area contributed by atoms with Crippen molar-refractivity contribution in [3.05, 3.63) is 0 Å². The molecule has 0 radical (unpaired) electrons. The number of aliphatic hydroxyl groups is 1. The van der Waals surface area contributed by atoms with Gasteiger partial charge < -0.3 is 14.6 Å². The van der Waals surface area contributed by atoms with E-state index >= 15 is 0 Å². The van der Waals surface area contributed by atoms with Crippen molar-refractivity contribution in [3.8, 4) is 0 Å². The molecule has 0 aliphatic rings. The maximum Gasteiger partial charge on any atom is 0.306 e. The SMILES string of the molecule is CCCCCCCCCCCCCCCC(=O)OC(CO)COCCCCCCCCCCCC. The monoisotopic (exact) mass is 498 g/mol. The Morgan fingerprint density at radius 2 is 0.943 bits per heavy atom. The number of aliphatic hydroxyl groups excluding tert-OH is 1. The zero-order valence-corrected chi connectivity index (χ0v) is 23.8. The predicted molar refractivity (Wildman–Crippen MR) is 150 cm³/mol. The molecule has 0 bridgehead atoms. The summed E-state index contributed by atoms with van der Waals surface area (Å²) in [6.45, 7) is 5.35. The van der Waals surface area contributed by atoms with E-state index in [4.69, 9.17) is 9.47 Å². The van der Waals surface area contributed by atoms with Crippen molar-refractivity contribution in [2.45, 2.75) is 174 Å². The van der Waals surface area contributed by atoms with Crippen molar-refractivity contribution in [1.82, 2.24) is 0 Å². The minimum Gasteiger partial charge on any atom is -0.457 e. The van der Waals surface area contributed by atoms with Crippen molar-refractivity contribution < 1.29 is 19.4 Å². The van der Waals surface area contributed by atoms with Crippen LogP contribution in [0, 0.1) is 0 Å². The minimum absolute atomic E-state index is 0.164. The molecule has 1 atom stereocenters. The molecule has 0 aliphatic heterocycles. The molecule has 0 spiro atoms. The van der Waals surface area contributed by atoms with Gasteiger partial charge >= 0.3 is 5.97 Å². The molecule has 1 unspecified atom stereocenters. The number of hydrogen-bond donors (Lipinski definition) is 1. The molecular weight excluding hydrogens is 436 g/mol. The summed E-state index contributed by atoms with van der Waals surface area (Å²) >= 11 is 0. The molecule has 0 heterocycles. The van der Waals surface area contributed by atoms with Crippen LogP contribution >= 0.6 is 0 Å². The van der Waals surface area contributed by atoms with Gasteiger partial charge in [0.1, 0.15) is 6.10 Å². The Morgan fingerprint density at radius 1 is 0.571 bits per heavy atom. The van der Waals surface area contributed by atoms with E-state index < -0.39 is 6.10 Å². The third-order valence-corrected chi connectivity index (χ3v) is 6.93. The Morgan fingerprint density at radius 3 is 1.34 bits per heavy atom. The van der Waals surface area contributed by atoms with Crippen LogP contribution in [0.25, 0.3) is 0 Å². The summed E-state index contributed by atoms with van der Waals surface area (Å²) in [4.78, 5) is 12.0. The number of esters is 1. The molecule has 0 aliphatic carbocycles. The highest BCUT2D eigenvalue weighted by molar-refractivity contribution is 5.69. The molecule has 4 heteroatoms. The highest BCUT2D eigenvalue weighted by Crippen LogP contribution is 2.14. The lowest BCUT2D eigenvalue weighted by molar-refractivity contribution is -0.154. The van der Waals surface area contributed by atoms with Gasteiger partial charge in [-0.3, -0.25) is 4.79 Å². The van der Waals surface area contributed by atoms with Gasteiger partial charge in [-0.15, -0.1) is 0 Å². The van der Waals surface area contributed by atoms with E-state index in [9.17, 15) is 9.90 Å². The first kappa shape index (κ1) is 34.4. The van der Waals surface area contributed by atoms with E-state index in [0.29, 0.717) is 19.6 Å². The van der Waals surface area contributed by atoms with Gasteiger partial charge in [0.2, 0.25) is 0 Å².